The fourth-order valence-electron chi connectivity index (χ4n) is 6.24. The molecule has 0 amide bonds. The Kier molecular flexibility index (Phi) is 8.13. The van der Waals surface area contributed by atoms with E-state index in [-0.39, 0.29) is 21.2 Å². The first-order valence-electron chi connectivity index (χ1n) is 12.3. The predicted octanol–water partition coefficient (Wildman–Crippen LogP) is -1.05. The highest BCUT2D eigenvalue weighted by Gasteiger charge is 2.59. The Morgan fingerprint density at radius 3 is 0.750 bits per heavy atom. The third-order valence-corrected chi connectivity index (χ3v) is 9.61. The van der Waals surface area contributed by atoms with Crippen molar-refractivity contribution in [2.45, 2.75) is 47.8 Å². The highest BCUT2D eigenvalue weighted by atomic mass is 15.4. The number of hydrogen-bond acceptors (Lipinski definition) is 9. The maximum Gasteiger partial charge on any atom is 0.361 e. The van der Waals surface area contributed by atoms with Gasteiger partial charge in [-0.15, -0.1) is 0 Å². The molecular formula is C14H42B9N9. The molecule has 0 saturated carbocycles. The van der Waals surface area contributed by atoms with Crippen molar-refractivity contribution in [2.75, 3.05) is 49.3 Å². The Hall–Kier alpha value is 0.224. The van der Waals surface area contributed by atoms with Crippen LogP contribution in [0.25, 0.3) is 0 Å². The number of nitrogens with zero attached hydrogens (tertiary/aromatic N) is 9. The van der Waals surface area contributed by atoms with Crippen molar-refractivity contribution >= 4 is 63.1 Å². The van der Waals surface area contributed by atoms with Gasteiger partial charge in [0, 0.05) is 0 Å². The van der Waals surface area contributed by atoms with E-state index in [1.807, 2.05) is 0 Å². The molecule has 3 aliphatic heterocycles. The molecule has 0 aromatic heterocycles. The third-order valence-electron chi connectivity index (χ3n) is 9.61. The van der Waals surface area contributed by atoms with Gasteiger partial charge in [0.25, 0.3) is 48.9 Å². The van der Waals surface area contributed by atoms with Gasteiger partial charge in [0.05, 0.1) is 0 Å². The van der Waals surface area contributed by atoms with Crippen LogP contribution in [0, 0.1) is 0 Å². The molecule has 0 atom stereocenters. The standard InChI is InChI=1S/C14H42B9N9/c1-15-24(8)16(2)28(12)22(27(15)11)31-19(5)26(10)20(6)32(21(31)7)23-29(13)17(3)25(9)18(4)30(23)14/h1-14H3. The largest absolute Gasteiger partial charge is 0.373 e. The molecule has 3 rings (SSSR count). The summed E-state index contributed by atoms with van der Waals surface area (Å²) in [5.74, 6) is 0. The van der Waals surface area contributed by atoms with Gasteiger partial charge in [-0.2, -0.15) is 0 Å². The van der Waals surface area contributed by atoms with E-state index in [4.69, 9.17) is 0 Å². The lowest BCUT2D eigenvalue weighted by Gasteiger charge is -2.62. The van der Waals surface area contributed by atoms with Gasteiger partial charge in [0.15, 0.2) is 0 Å². The molecule has 3 fully saturated rings. The molecule has 0 aliphatic carbocycles. The van der Waals surface area contributed by atoms with Crippen LogP contribution in [-0.4, -0.2) is 155 Å². The molecule has 0 unspecified atom stereocenters. The van der Waals surface area contributed by atoms with Crippen LogP contribution in [0.1, 0.15) is 0 Å². The summed E-state index contributed by atoms with van der Waals surface area (Å²) in [5.41, 5.74) is 0. The minimum absolute atomic E-state index is 0.218. The van der Waals surface area contributed by atoms with Crippen molar-refractivity contribution in [3.63, 3.8) is 0 Å². The average molecular weight is 434 g/mol. The Morgan fingerprint density at radius 1 is 0.281 bits per heavy atom. The first kappa shape index (κ1) is 26.8. The molecule has 3 aliphatic rings. The molecule has 18 heteroatoms. The Bertz CT molecular complexity index is 587. The Labute approximate surface area is 202 Å². The van der Waals surface area contributed by atoms with Crippen molar-refractivity contribution in [2.24, 2.45) is 0 Å². The number of rotatable bonds is 2. The average Bonchev–Trinajstić information content (AvgIpc) is 2.76. The first-order chi connectivity index (χ1) is 14.7. The van der Waals surface area contributed by atoms with Crippen molar-refractivity contribution < 1.29 is 0 Å². The minimum atomic E-state index is 0.218. The SMILES string of the molecule is CB1N(C)B(C)N(C)B(N2B(C)N(C)B(C)N(B3N(C)B(C)N(C)B(C)N3C)B2C)N1C. The summed E-state index contributed by atoms with van der Waals surface area (Å²) in [6, 6.07) is 0. The lowest BCUT2D eigenvalue weighted by Crippen LogP contribution is -2.90. The van der Waals surface area contributed by atoms with Gasteiger partial charge in [0.1, 0.15) is 0 Å². The van der Waals surface area contributed by atoms with Crippen LogP contribution in [0.5, 0.6) is 0 Å². The quantitative estimate of drug-likeness (QED) is 0.506. The van der Waals surface area contributed by atoms with Crippen LogP contribution in [0.15, 0.2) is 0 Å². The zero-order chi connectivity index (χ0) is 24.4. The lowest BCUT2D eigenvalue weighted by molar-refractivity contribution is 0.471. The molecule has 3 heterocycles. The normalized spacial score (nSPS) is 26.6. The van der Waals surface area contributed by atoms with Crippen LogP contribution in [0.2, 0.25) is 47.8 Å². The summed E-state index contributed by atoms with van der Waals surface area (Å²) in [5, 5.41) is 0. The summed E-state index contributed by atoms with van der Waals surface area (Å²) >= 11 is 0. The molecule has 0 aromatic carbocycles. The predicted molar refractivity (Wildman–Crippen MR) is 151 cm³/mol. The van der Waals surface area contributed by atoms with Crippen molar-refractivity contribution in [3.8, 4) is 0 Å². The van der Waals surface area contributed by atoms with E-state index in [2.05, 4.69) is 139 Å². The lowest BCUT2D eigenvalue weighted by atomic mass is 9.33. The van der Waals surface area contributed by atoms with Gasteiger partial charge < -0.3 is 42.3 Å². The molecular weight excluding hydrogens is 392 g/mol. The van der Waals surface area contributed by atoms with Crippen LogP contribution in [0.4, 0.5) is 0 Å². The summed E-state index contributed by atoms with van der Waals surface area (Å²) in [6.07, 6.45) is 0. The van der Waals surface area contributed by atoms with Gasteiger partial charge >= 0.3 is 14.2 Å². The molecule has 0 aromatic rings. The monoisotopic (exact) mass is 435 g/mol. The third kappa shape index (κ3) is 4.01. The van der Waals surface area contributed by atoms with Gasteiger partial charge in [-0.1, -0.05) is 47.8 Å². The van der Waals surface area contributed by atoms with Crippen LogP contribution >= 0.6 is 0 Å². The fraction of sp³-hybridized carbons (Fsp3) is 1.00. The second-order valence-corrected chi connectivity index (χ2v) is 10.7. The summed E-state index contributed by atoms with van der Waals surface area (Å²) < 4.78 is 22.9. The fourth-order valence-corrected chi connectivity index (χ4v) is 6.24. The van der Waals surface area contributed by atoms with Crippen molar-refractivity contribution in [3.05, 3.63) is 0 Å². The molecule has 0 radical (unpaired) electrons. The van der Waals surface area contributed by atoms with E-state index in [0.717, 1.165) is 0 Å². The van der Waals surface area contributed by atoms with Crippen LogP contribution in [0.3, 0.4) is 0 Å². The number of hydrogen-bond donors (Lipinski definition) is 0. The van der Waals surface area contributed by atoms with Gasteiger partial charge in [-0.05, 0) is 49.3 Å². The summed E-state index contributed by atoms with van der Waals surface area (Å²) in [7, 11) is 16.3. The molecule has 3 saturated heterocycles. The molecule has 32 heavy (non-hydrogen) atoms. The molecule has 0 spiro atoms. The van der Waals surface area contributed by atoms with E-state index in [9.17, 15) is 0 Å². The smallest absolute Gasteiger partial charge is 0.361 e. The highest BCUT2D eigenvalue weighted by molar-refractivity contribution is 7.02. The molecule has 0 bridgehead atoms. The van der Waals surface area contributed by atoms with E-state index in [0.29, 0.717) is 41.9 Å². The Balaban J connectivity index is 2.01. The zero-order valence-corrected chi connectivity index (χ0v) is 23.2. The second kappa shape index (κ2) is 9.70. The maximum atomic E-state index is 2.70. The minimum Gasteiger partial charge on any atom is -0.373 e. The van der Waals surface area contributed by atoms with Crippen LogP contribution < -0.4 is 0 Å². The summed E-state index contributed by atoms with van der Waals surface area (Å²) in [6.45, 7) is 18.8. The topological polar surface area (TPSA) is 29.2 Å². The van der Waals surface area contributed by atoms with E-state index in [1.54, 1.807) is 0 Å². The van der Waals surface area contributed by atoms with Gasteiger partial charge in [-0.3, -0.25) is 0 Å². The van der Waals surface area contributed by atoms with Gasteiger partial charge in [0.2, 0.25) is 0 Å². The van der Waals surface area contributed by atoms with Crippen molar-refractivity contribution in [1.29, 1.82) is 0 Å². The summed E-state index contributed by atoms with van der Waals surface area (Å²) in [4.78, 5) is 0. The van der Waals surface area contributed by atoms with Gasteiger partial charge in [-0.25, -0.2) is 0 Å². The van der Waals surface area contributed by atoms with Crippen molar-refractivity contribution in [1.82, 2.24) is 42.3 Å². The molecule has 0 N–H and O–H groups in total. The van der Waals surface area contributed by atoms with E-state index in [1.165, 1.54) is 0 Å². The van der Waals surface area contributed by atoms with E-state index < -0.39 is 0 Å². The zero-order valence-electron chi connectivity index (χ0n) is 23.2. The van der Waals surface area contributed by atoms with Crippen LogP contribution in [-0.2, 0) is 0 Å². The molecule has 9 nitrogen and oxygen atoms in total. The molecule has 170 valence electrons. The highest BCUT2D eigenvalue weighted by Crippen LogP contribution is 2.29. The maximum absolute atomic E-state index is 2.70. The Morgan fingerprint density at radius 2 is 0.500 bits per heavy atom. The first-order valence-corrected chi connectivity index (χ1v) is 12.3. The second-order valence-electron chi connectivity index (χ2n) is 10.7. The van der Waals surface area contributed by atoms with E-state index >= 15 is 0 Å².